The van der Waals surface area contributed by atoms with E-state index in [2.05, 4.69) is 10.3 Å². The van der Waals surface area contributed by atoms with Gasteiger partial charge in [-0.3, -0.25) is 18.7 Å². The Morgan fingerprint density at radius 1 is 1.26 bits per heavy atom. The second-order valence-corrected chi connectivity index (χ2v) is 3.90. The average Bonchev–Trinajstić information content (AvgIpc) is 2.40. The van der Waals surface area contributed by atoms with Crippen LogP contribution < -0.4 is 16.6 Å². The Bertz CT molecular complexity index is 745. The van der Waals surface area contributed by atoms with Gasteiger partial charge in [0.1, 0.15) is 5.39 Å². The maximum atomic E-state index is 12.3. The molecule has 0 bridgehead atoms. The molecule has 0 atom stereocenters. The molecule has 1 N–H and O–H groups in total. The lowest BCUT2D eigenvalue weighted by Gasteiger charge is -2.12. The molecule has 0 spiro atoms. The third-order valence-corrected chi connectivity index (χ3v) is 2.95. The molecule has 19 heavy (non-hydrogen) atoms. The van der Waals surface area contributed by atoms with Crippen molar-refractivity contribution in [2.45, 2.75) is 26.9 Å². The maximum Gasteiger partial charge on any atom is 0.332 e. The van der Waals surface area contributed by atoms with Crippen molar-refractivity contribution < 1.29 is 4.79 Å². The lowest BCUT2D eigenvalue weighted by Crippen LogP contribution is -2.40. The number of hydrogen-bond acceptors (Lipinski definition) is 4. The number of fused-ring (bicyclic) bond motifs is 1. The molecule has 0 radical (unpaired) electrons. The minimum atomic E-state index is -0.440. The normalized spacial score (nSPS) is 10.6. The van der Waals surface area contributed by atoms with Gasteiger partial charge >= 0.3 is 5.69 Å². The molecule has 0 aliphatic heterocycles. The van der Waals surface area contributed by atoms with Crippen molar-refractivity contribution in [3.05, 3.63) is 33.1 Å². The lowest BCUT2D eigenvalue weighted by atomic mass is 10.2. The van der Waals surface area contributed by atoms with Gasteiger partial charge in [0.2, 0.25) is 6.41 Å². The van der Waals surface area contributed by atoms with Crippen LogP contribution in [0.15, 0.2) is 21.9 Å². The van der Waals surface area contributed by atoms with Gasteiger partial charge in [-0.2, -0.15) is 0 Å². The summed E-state index contributed by atoms with van der Waals surface area (Å²) in [6.07, 6.45) is 1.95. The molecule has 2 heterocycles. The van der Waals surface area contributed by atoms with Crippen LogP contribution in [0.3, 0.4) is 0 Å². The lowest BCUT2D eigenvalue weighted by molar-refractivity contribution is -0.105. The number of aryl methyl sites for hydroxylation is 1. The number of nitrogens with one attached hydrogen (secondary N) is 1. The fourth-order valence-electron chi connectivity index (χ4n) is 2.07. The van der Waals surface area contributed by atoms with Gasteiger partial charge < -0.3 is 5.32 Å². The third kappa shape index (κ3) is 1.92. The Morgan fingerprint density at radius 2 is 1.95 bits per heavy atom. The van der Waals surface area contributed by atoms with Gasteiger partial charge in [-0.1, -0.05) is 0 Å². The zero-order valence-electron chi connectivity index (χ0n) is 10.7. The molecule has 7 heteroatoms. The van der Waals surface area contributed by atoms with E-state index in [-0.39, 0.29) is 17.6 Å². The number of anilines is 1. The minimum absolute atomic E-state index is 0.248. The molecular formula is C12H14N4O3. The molecular weight excluding hydrogens is 248 g/mol. The number of pyridine rings is 1. The van der Waals surface area contributed by atoms with Crippen LogP contribution in [0.2, 0.25) is 0 Å². The first kappa shape index (κ1) is 13.0. The van der Waals surface area contributed by atoms with E-state index in [9.17, 15) is 14.4 Å². The molecule has 2 rings (SSSR count). The van der Waals surface area contributed by atoms with Crippen LogP contribution in [0.25, 0.3) is 11.0 Å². The van der Waals surface area contributed by atoms with E-state index in [1.54, 1.807) is 13.8 Å². The Kier molecular flexibility index (Phi) is 3.46. The second-order valence-electron chi connectivity index (χ2n) is 3.90. The van der Waals surface area contributed by atoms with Crippen LogP contribution in [0, 0.1) is 0 Å². The molecule has 100 valence electrons. The van der Waals surface area contributed by atoms with Crippen molar-refractivity contribution in [3.63, 3.8) is 0 Å². The highest BCUT2D eigenvalue weighted by Crippen LogP contribution is 2.15. The zero-order valence-corrected chi connectivity index (χ0v) is 10.7. The van der Waals surface area contributed by atoms with Crippen molar-refractivity contribution in [1.82, 2.24) is 14.1 Å². The summed E-state index contributed by atoms with van der Waals surface area (Å²) >= 11 is 0. The number of nitrogens with zero attached hydrogens (tertiary/aromatic N) is 3. The smallest absolute Gasteiger partial charge is 0.328 e. The fourth-order valence-corrected chi connectivity index (χ4v) is 2.07. The Balaban J connectivity index is 3.04. The predicted octanol–water partition coefficient (Wildman–Crippen LogP) is 0.166. The summed E-state index contributed by atoms with van der Waals surface area (Å²) < 4.78 is 2.54. The van der Waals surface area contributed by atoms with Gasteiger partial charge in [0.05, 0.1) is 5.69 Å². The average molecular weight is 262 g/mol. The fraction of sp³-hybridized carbons (Fsp3) is 0.333. The molecule has 1 amide bonds. The van der Waals surface area contributed by atoms with E-state index in [0.29, 0.717) is 18.6 Å². The van der Waals surface area contributed by atoms with Crippen LogP contribution >= 0.6 is 0 Å². The SMILES string of the molecule is CCn1c(=O)c2c(NC=O)ccnc2n(CC)c1=O. The summed E-state index contributed by atoms with van der Waals surface area (Å²) in [5.74, 6) is 0. The topological polar surface area (TPSA) is 86.0 Å². The maximum absolute atomic E-state index is 12.3. The highest BCUT2D eigenvalue weighted by molar-refractivity contribution is 5.92. The molecule has 0 unspecified atom stereocenters. The van der Waals surface area contributed by atoms with Crippen molar-refractivity contribution >= 4 is 23.1 Å². The standard InChI is InChI=1S/C12H14N4O3/c1-3-15-10-9(8(14-7-17)5-6-13-10)11(18)16(4-2)12(15)19/h5-7H,3-4H2,1-2H3,(H,13,14,17). The van der Waals surface area contributed by atoms with Crippen molar-refractivity contribution in [2.75, 3.05) is 5.32 Å². The van der Waals surface area contributed by atoms with E-state index in [1.807, 2.05) is 0 Å². The molecule has 2 aromatic heterocycles. The summed E-state index contributed by atoms with van der Waals surface area (Å²) in [4.78, 5) is 39.1. The number of amides is 1. The largest absolute Gasteiger partial charge is 0.332 e. The molecule has 2 aromatic rings. The first-order valence-electron chi connectivity index (χ1n) is 5.98. The predicted molar refractivity (Wildman–Crippen MR) is 71.3 cm³/mol. The first-order chi connectivity index (χ1) is 9.15. The molecule has 0 saturated heterocycles. The van der Waals surface area contributed by atoms with Gasteiger partial charge in [0, 0.05) is 19.3 Å². The highest BCUT2D eigenvalue weighted by atomic mass is 16.2. The van der Waals surface area contributed by atoms with Gasteiger partial charge in [0.25, 0.3) is 5.56 Å². The Labute approximate surface area is 108 Å². The quantitative estimate of drug-likeness (QED) is 0.796. The number of rotatable bonds is 4. The number of aromatic nitrogens is 3. The summed E-state index contributed by atoms with van der Waals surface area (Å²) in [6, 6.07) is 1.53. The van der Waals surface area contributed by atoms with Crippen LogP contribution in [-0.2, 0) is 17.9 Å². The van der Waals surface area contributed by atoms with Crippen LogP contribution in [0.4, 0.5) is 5.69 Å². The van der Waals surface area contributed by atoms with Crippen molar-refractivity contribution in [1.29, 1.82) is 0 Å². The van der Waals surface area contributed by atoms with Crippen molar-refractivity contribution in [2.24, 2.45) is 0 Å². The number of carbonyl (C=O) groups excluding carboxylic acids is 1. The molecule has 0 fully saturated rings. The summed E-state index contributed by atoms with van der Waals surface area (Å²) in [6.45, 7) is 4.18. The molecule has 0 aromatic carbocycles. The van der Waals surface area contributed by atoms with E-state index >= 15 is 0 Å². The first-order valence-corrected chi connectivity index (χ1v) is 5.98. The molecule has 0 aliphatic rings. The molecule has 0 aliphatic carbocycles. The zero-order chi connectivity index (χ0) is 14.0. The van der Waals surface area contributed by atoms with Gasteiger partial charge in [-0.25, -0.2) is 9.78 Å². The third-order valence-electron chi connectivity index (χ3n) is 2.95. The summed E-state index contributed by atoms with van der Waals surface area (Å²) in [7, 11) is 0. The van der Waals surface area contributed by atoms with Crippen LogP contribution in [0.1, 0.15) is 13.8 Å². The Morgan fingerprint density at radius 3 is 2.53 bits per heavy atom. The van der Waals surface area contributed by atoms with Crippen LogP contribution in [0.5, 0.6) is 0 Å². The highest BCUT2D eigenvalue weighted by Gasteiger charge is 2.15. The number of hydrogen-bond donors (Lipinski definition) is 1. The van der Waals surface area contributed by atoms with Crippen LogP contribution in [-0.4, -0.2) is 20.5 Å². The second kappa shape index (κ2) is 5.05. The van der Waals surface area contributed by atoms with E-state index in [0.717, 1.165) is 4.57 Å². The van der Waals surface area contributed by atoms with E-state index < -0.39 is 11.2 Å². The molecule has 0 saturated carbocycles. The minimum Gasteiger partial charge on any atom is -0.328 e. The summed E-state index contributed by atoms with van der Waals surface area (Å²) in [5.41, 5.74) is -0.189. The van der Waals surface area contributed by atoms with E-state index in [1.165, 1.54) is 16.8 Å². The van der Waals surface area contributed by atoms with Gasteiger partial charge in [-0.05, 0) is 19.9 Å². The van der Waals surface area contributed by atoms with Crippen molar-refractivity contribution in [3.8, 4) is 0 Å². The monoisotopic (exact) mass is 262 g/mol. The number of carbonyl (C=O) groups is 1. The Hall–Kier alpha value is -2.44. The van der Waals surface area contributed by atoms with Gasteiger partial charge in [0.15, 0.2) is 5.65 Å². The van der Waals surface area contributed by atoms with Gasteiger partial charge in [-0.15, -0.1) is 0 Å². The van der Waals surface area contributed by atoms with E-state index in [4.69, 9.17) is 0 Å². The summed E-state index contributed by atoms with van der Waals surface area (Å²) in [5, 5.41) is 2.71. The molecule has 7 nitrogen and oxygen atoms in total.